The molecule has 2 N–H and O–H groups in total. The molecule has 1 amide bonds. The van der Waals surface area contributed by atoms with Crippen LogP contribution in [0.2, 0.25) is 0 Å². The van der Waals surface area contributed by atoms with Gasteiger partial charge >= 0.3 is 0 Å². The van der Waals surface area contributed by atoms with Gasteiger partial charge in [0.1, 0.15) is 0 Å². The lowest BCUT2D eigenvalue weighted by molar-refractivity contribution is -0.124. The van der Waals surface area contributed by atoms with Crippen molar-refractivity contribution in [2.75, 3.05) is 6.54 Å². The number of rotatable bonds is 3. The van der Waals surface area contributed by atoms with E-state index in [4.69, 9.17) is 0 Å². The molecule has 12 heavy (non-hydrogen) atoms. The van der Waals surface area contributed by atoms with Gasteiger partial charge in [0.25, 0.3) is 0 Å². The van der Waals surface area contributed by atoms with Crippen molar-refractivity contribution >= 4 is 5.91 Å². The Kier molecular flexibility index (Phi) is 1.83. The fourth-order valence-electron chi connectivity index (χ4n) is 1.50. The molecule has 0 radical (unpaired) electrons. The highest BCUT2D eigenvalue weighted by atomic mass is 16.3. The maximum absolute atomic E-state index is 11.2. The minimum atomic E-state index is -0.565. The van der Waals surface area contributed by atoms with Gasteiger partial charge in [-0.2, -0.15) is 0 Å². The Labute approximate surface area is 72.2 Å². The molecule has 0 unspecified atom stereocenters. The van der Waals surface area contributed by atoms with Crippen LogP contribution in [-0.2, 0) is 4.79 Å². The summed E-state index contributed by atoms with van der Waals surface area (Å²) >= 11 is 0. The molecule has 0 bridgehead atoms. The highest BCUT2D eigenvalue weighted by Gasteiger charge is 2.36. The molecule has 2 aliphatic rings. The SMILES string of the molecule is O=C(NCC1(O)CCC1)C1CC1. The van der Waals surface area contributed by atoms with Crippen molar-refractivity contribution in [1.82, 2.24) is 5.32 Å². The van der Waals surface area contributed by atoms with E-state index in [1.165, 1.54) is 0 Å². The van der Waals surface area contributed by atoms with Gasteiger partial charge in [-0.25, -0.2) is 0 Å². The molecule has 0 saturated heterocycles. The van der Waals surface area contributed by atoms with Crippen LogP contribution in [0.15, 0.2) is 0 Å². The van der Waals surface area contributed by atoms with Gasteiger partial charge < -0.3 is 10.4 Å². The topological polar surface area (TPSA) is 49.3 Å². The lowest BCUT2D eigenvalue weighted by atomic mass is 9.80. The van der Waals surface area contributed by atoms with E-state index in [1.54, 1.807) is 0 Å². The molecule has 2 rings (SSSR count). The van der Waals surface area contributed by atoms with Crippen LogP contribution in [0.25, 0.3) is 0 Å². The van der Waals surface area contributed by atoms with Crippen LogP contribution in [-0.4, -0.2) is 23.2 Å². The molecule has 3 nitrogen and oxygen atoms in total. The molecule has 0 atom stereocenters. The van der Waals surface area contributed by atoms with E-state index in [-0.39, 0.29) is 11.8 Å². The van der Waals surface area contributed by atoms with Crippen molar-refractivity contribution in [3.8, 4) is 0 Å². The second-order valence-corrected chi connectivity index (χ2v) is 4.07. The summed E-state index contributed by atoms with van der Waals surface area (Å²) in [5.74, 6) is 0.393. The second kappa shape index (κ2) is 2.73. The zero-order valence-electron chi connectivity index (χ0n) is 7.18. The van der Waals surface area contributed by atoms with Crippen molar-refractivity contribution in [3.63, 3.8) is 0 Å². The standard InChI is InChI=1S/C9H15NO2/c11-8(7-2-3-7)10-6-9(12)4-1-5-9/h7,12H,1-6H2,(H,10,11). The normalized spacial score (nSPS) is 26.1. The molecule has 3 heteroatoms. The zero-order chi connectivity index (χ0) is 8.60. The van der Waals surface area contributed by atoms with Crippen LogP contribution in [0.3, 0.4) is 0 Å². The smallest absolute Gasteiger partial charge is 0.223 e. The van der Waals surface area contributed by atoms with Gasteiger partial charge in [-0.15, -0.1) is 0 Å². The Morgan fingerprint density at radius 2 is 2.17 bits per heavy atom. The van der Waals surface area contributed by atoms with E-state index in [0.717, 1.165) is 32.1 Å². The van der Waals surface area contributed by atoms with Gasteiger partial charge in [0, 0.05) is 12.5 Å². The highest BCUT2D eigenvalue weighted by Crippen LogP contribution is 2.32. The predicted molar refractivity (Wildman–Crippen MR) is 44.5 cm³/mol. The van der Waals surface area contributed by atoms with E-state index in [2.05, 4.69) is 5.32 Å². The summed E-state index contributed by atoms with van der Waals surface area (Å²) in [6, 6.07) is 0. The lowest BCUT2D eigenvalue weighted by Gasteiger charge is -2.36. The highest BCUT2D eigenvalue weighted by molar-refractivity contribution is 5.80. The molecule has 2 aliphatic carbocycles. The van der Waals surface area contributed by atoms with Crippen LogP contribution in [0.4, 0.5) is 0 Å². The molecule has 68 valence electrons. The van der Waals surface area contributed by atoms with Gasteiger partial charge in [-0.3, -0.25) is 4.79 Å². The minimum Gasteiger partial charge on any atom is -0.388 e. The van der Waals surface area contributed by atoms with Crippen LogP contribution in [0.1, 0.15) is 32.1 Å². The van der Waals surface area contributed by atoms with E-state index in [9.17, 15) is 9.90 Å². The lowest BCUT2D eigenvalue weighted by Crippen LogP contribution is -2.48. The quantitative estimate of drug-likeness (QED) is 0.643. The largest absolute Gasteiger partial charge is 0.388 e. The first-order chi connectivity index (χ1) is 5.70. The summed E-state index contributed by atoms with van der Waals surface area (Å²) in [4.78, 5) is 11.2. The number of amides is 1. The van der Waals surface area contributed by atoms with Gasteiger partial charge in [0.15, 0.2) is 0 Å². The van der Waals surface area contributed by atoms with Gasteiger partial charge in [0.2, 0.25) is 5.91 Å². The second-order valence-electron chi connectivity index (χ2n) is 4.07. The first-order valence-electron chi connectivity index (χ1n) is 4.70. The molecule has 0 aromatic carbocycles. The summed E-state index contributed by atoms with van der Waals surface area (Å²) in [5, 5.41) is 12.4. The Morgan fingerprint density at radius 3 is 2.58 bits per heavy atom. The van der Waals surface area contributed by atoms with E-state index >= 15 is 0 Å². The van der Waals surface area contributed by atoms with Crippen LogP contribution >= 0.6 is 0 Å². The molecule has 0 aromatic rings. The number of carbonyl (C=O) groups excluding carboxylic acids is 1. The summed E-state index contributed by atoms with van der Waals surface area (Å²) in [5.41, 5.74) is -0.565. The third-order valence-electron chi connectivity index (χ3n) is 2.82. The molecule has 0 aromatic heterocycles. The van der Waals surface area contributed by atoms with Crippen molar-refractivity contribution < 1.29 is 9.90 Å². The number of carbonyl (C=O) groups is 1. The summed E-state index contributed by atoms with van der Waals surface area (Å²) < 4.78 is 0. The van der Waals surface area contributed by atoms with Crippen molar-refractivity contribution in [2.24, 2.45) is 5.92 Å². The van der Waals surface area contributed by atoms with Gasteiger partial charge in [0.05, 0.1) is 5.60 Å². The van der Waals surface area contributed by atoms with E-state index < -0.39 is 5.60 Å². The monoisotopic (exact) mass is 169 g/mol. The first-order valence-corrected chi connectivity index (χ1v) is 4.70. The molecule has 0 spiro atoms. The molecule has 0 heterocycles. The van der Waals surface area contributed by atoms with Crippen LogP contribution in [0.5, 0.6) is 0 Å². The van der Waals surface area contributed by atoms with Crippen molar-refractivity contribution in [2.45, 2.75) is 37.7 Å². The average Bonchev–Trinajstić information content (AvgIpc) is 2.78. The number of aliphatic hydroxyl groups is 1. The molecular weight excluding hydrogens is 154 g/mol. The van der Waals surface area contributed by atoms with Crippen molar-refractivity contribution in [1.29, 1.82) is 0 Å². The fourth-order valence-corrected chi connectivity index (χ4v) is 1.50. The fraction of sp³-hybridized carbons (Fsp3) is 0.889. The van der Waals surface area contributed by atoms with E-state index in [1.807, 2.05) is 0 Å². The average molecular weight is 169 g/mol. The maximum atomic E-state index is 11.2. The third kappa shape index (κ3) is 1.61. The Morgan fingerprint density at radius 1 is 1.50 bits per heavy atom. The van der Waals surface area contributed by atoms with E-state index in [0.29, 0.717) is 6.54 Å². The Hall–Kier alpha value is -0.570. The number of hydrogen-bond acceptors (Lipinski definition) is 2. The zero-order valence-corrected chi connectivity index (χ0v) is 7.18. The Bertz CT molecular complexity index is 195. The number of hydrogen-bond donors (Lipinski definition) is 2. The van der Waals surface area contributed by atoms with Crippen LogP contribution < -0.4 is 5.32 Å². The molecular formula is C9H15NO2. The summed E-state index contributed by atoms with van der Waals surface area (Å²) in [6.45, 7) is 0.461. The van der Waals surface area contributed by atoms with Gasteiger partial charge in [-0.05, 0) is 32.1 Å². The predicted octanol–water partition coefficient (Wildman–Crippen LogP) is 0.428. The molecule has 2 fully saturated rings. The maximum Gasteiger partial charge on any atom is 0.223 e. The minimum absolute atomic E-state index is 0.135. The molecule has 0 aliphatic heterocycles. The number of nitrogens with one attached hydrogen (secondary N) is 1. The third-order valence-corrected chi connectivity index (χ3v) is 2.82. The van der Waals surface area contributed by atoms with Crippen molar-refractivity contribution in [3.05, 3.63) is 0 Å². The first kappa shape index (κ1) is 8.05. The van der Waals surface area contributed by atoms with Crippen LogP contribution in [0, 0.1) is 5.92 Å². The Balaban J connectivity index is 1.70. The summed E-state index contributed by atoms with van der Waals surface area (Å²) in [7, 11) is 0. The van der Waals surface area contributed by atoms with Gasteiger partial charge in [-0.1, -0.05) is 0 Å². The molecule has 2 saturated carbocycles. The summed E-state index contributed by atoms with van der Waals surface area (Å²) in [6.07, 6.45) is 4.85.